The number of nitrogens with zero attached hydrogens (tertiary/aromatic N) is 2. The quantitative estimate of drug-likeness (QED) is 0.783. The smallest absolute Gasteiger partial charge is 0.239 e. The van der Waals surface area contributed by atoms with E-state index in [1.54, 1.807) is 7.11 Å². The van der Waals surface area contributed by atoms with Crippen LogP contribution in [0.15, 0.2) is 12.1 Å². The lowest BCUT2D eigenvalue weighted by atomic mass is 10.2. The summed E-state index contributed by atoms with van der Waals surface area (Å²) >= 11 is 0. The molecule has 1 heterocycles. The van der Waals surface area contributed by atoms with Gasteiger partial charge in [-0.05, 0) is 32.4 Å². The molecule has 1 aromatic heterocycles. The van der Waals surface area contributed by atoms with E-state index in [0.29, 0.717) is 24.8 Å². The predicted octanol–water partition coefficient (Wildman–Crippen LogP) is 2.31. The van der Waals surface area contributed by atoms with Crippen molar-refractivity contribution in [2.45, 2.75) is 33.2 Å². The zero-order valence-corrected chi connectivity index (χ0v) is 12.3. The van der Waals surface area contributed by atoms with Crippen LogP contribution in [-0.2, 0) is 4.74 Å². The van der Waals surface area contributed by atoms with Crippen LogP contribution >= 0.6 is 0 Å². The summed E-state index contributed by atoms with van der Waals surface area (Å²) < 4.78 is 10.8. The zero-order valence-electron chi connectivity index (χ0n) is 12.3. The fourth-order valence-corrected chi connectivity index (χ4v) is 1.95. The number of rotatable bonds is 8. The summed E-state index contributed by atoms with van der Waals surface area (Å²) in [4.78, 5) is 6.68. The van der Waals surface area contributed by atoms with Crippen LogP contribution in [0.3, 0.4) is 0 Å². The number of ether oxygens (including phenoxy) is 2. The van der Waals surface area contributed by atoms with Crippen LogP contribution in [0.4, 0.5) is 11.5 Å². The number of nitrogens with two attached hydrogens (primary N) is 1. The van der Waals surface area contributed by atoms with Gasteiger partial charge in [0, 0.05) is 13.7 Å². The molecule has 1 aromatic rings. The molecular formula is C14H25N3O2. The molecular weight excluding hydrogens is 242 g/mol. The van der Waals surface area contributed by atoms with Crippen molar-refractivity contribution in [3.63, 3.8) is 0 Å². The molecule has 0 amide bonds. The van der Waals surface area contributed by atoms with Gasteiger partial charge in [-0.25, -0.2) is 0 Å². The fourth-order valence-electron chi connectivity index (χ4n) is 1.95. The first-order valence-electron chi connectivity index (χ1n) is 6.78. The average Bonchev–Trinajstić information content (AvgIpc) is 2.40. The van der Waals surface area contributed by atoms with E-state index in [9.17, 15) is 0 Å². The molecule has 0 aliphatic heterocycles. The van der Waals surface area contributed by atoms with E-state index in [1.165, 1.54) is 0 Å². The highest BCUT2D eigenvalue weighted by Crippen LogP contribution is 2.24. The lowest BCUT2D eigenvalue weighted by Crippen LogP contribution is -2.36. The van der Waals surface area contributed by atoms with Crippen LogP contribution in [0.5, 0.6) is 5.88 Å². The third kappa shape index (κ3) is 4.28. The van der Waals surface area contributed by atoms with Crippen LogP contribution in [0.25, 0.3) is 0 Å². The highest BCUT2D eigenvalue weighted by atomic mass is 16.5. The molecule has 5 heteroatoms. The molecule has 0 aliphatic carbocycles. The van der Waals surface area contributed by atoms with Gasteiger partial charge in [0.15, 0.2) is 0 Å². The maximum atomic E-state index is 5.88. The maximum Gasteiger partial charge on any atom is 0.239 e. The van der Waals surface area contributed by atoms with Crippen LogP contribution in [-0.4, -0.2) is 37.9 Å². The molecule has 0 aromatic carbocycles. The number of anilines is 2. The van der Waals surface area contributed by atoms with Crippen molar-refractivity contribution in [2.75, 3.05) is 37.5 Å². The molecule has 0 fully saturated rings. The van der Waals surface area contributed by atoms with Gasteiger partial charge in [0.2, 0.25) is 5.88 Å². The molecule has 5 nitrogen and oxygen atoms in total. The number of methoxy groups -OCH3 is 1. The summed E-state index contributed by atoms with van der Waals surface area (Å²) in [5, 5.41) is 0. The zero-order chi connectivity index (χ0) is 14.3. The number of hydrogen-bond donors (Lipinski definition) is 1. The molecule has 1 atom stereocenters. The second-order valence-corrected chi connectivity index (χ2v) is 4.50. The summed E-state index contributed by atoms with van der Waals surface area (Å²) in [6.45, 7) is 8.40. The Hall–Kier alpha value is -1.49. The summed E-state index contributed by atoms with van der Waals surface area (Å²) in [5.74, 6) is 1.38. The van der Waals surface area contributed by atoms with Crippen LogP contribution in [0.2, 0.25) is 0 Å². The first-order valence-corrected chi connectivity index (χ1v) is 6.78. The second-order valence-electron chi connectivity index (χ2n) is 4.50. The van der Waals surface area contributed by atoms with E-state index >= 15 is 0 Å². The Labute approximate surface area is 115 Å². The van der Waals surface area contributed by atoms with E-state index in [-0.39, 0.29) is 6.04 Å². The Balaban J connectivity index is 2.91. The predicted molar refractivity (Wildman–Crippen MR) is 78.8 cm³/mol. The van der Waals surface area contributed by atoms with Gasteiger partial charge in [-0.2, -0.15) is 4.98 Å². The third-order valence-corrected chi connectivity index (χ3v) is 2.89. The highest BCUT2D eigenvalue weighted by molar-refractivity contribution is 5.54. The summed E-state index contributed by atoms with van der Waals surface area (Å²) in [6, 6.07) is 4.02. The monoisotopic (exact) mass is 267 g/mol. The second kappa shape index (κ2) is 7.84. The Morgan fingerprint density at radius 3 is 2.68 bits per heavy atom. The van der Waals surface area contributed by atoms with Crippen LogP contribution in [0.1, 0.15) is 27.2 Å². The number of nitrogen functional groups attached to an aromatic ring is 1. The molecule has 2 N–H and O–H groups in total. The lowest BCUT2D eigenvalue weighted by molar-refractivity contribution is 0.181. The van der Waals surface area contributed by atoms with Crippen molar-refractivity contribution in [2.24, 2.45) is 0 Å². The Bertz CT molecular complexity index is 385. The van der Waals surface area contributed by atoms with Gasteiger partial charge < -0.3 is 20.1 Å². The average molecular weight is 267 g/mol. The van der Waals surface area contributed by atoms with Crippen molar-refractivity contribution >= 4 is 11.5 Å². The standard InChI is InChI=1S/C14H25N3O2/c1-5-9-19-14-12(15)7-8-13(16-14)17(6-2)11(3)10-18-4/h7-8,11H,5-6,9-10,15H2,1-4H3. The Morgan fingerprint density at radius 1 is 1.37 bits per heavy atom. The van der Waals surface area contributed by atoms with Gasteiger partial charge >= 0.3 is 0 Å². The van der Waals surface area contributed by atoms with Crippen LogP contribution in [0, 0.1) is 0 Å². The van der Waals surface area contributed by atoms with Gasteiger partial charge in [0.05, 0.1) is 24.9 Å². The first-order chi connectivity index (χ1) is 9.13. The molecule has 1 unspecified atom stereocenters. The minimum atomic E-state index is 0.255. The van der Waals surface area contributed by atoms with Gasteiger partial charge in [-0.1, -0.05) is 6.92 Å². The molecule has 0 aliphatic rings. The molecule has 19 heavy (non-hydrogen) atoms. The van der Waals surface area contributed by atoms with E-state index < -0.39 is 0 Å². The van der Waals surface area contributed by atoms with E-state index in [2.05, 4.69) is 30.7 Å². The van der Waals surface area contributed by atoms with Gasteiger partial charge in [-0.3, -0.25) is 0 Å². The lowest BCUT2D eigenvalue weighted by Gasteiger charge is -2.29. The Kier molecular flexibility index (Phi) is 6.42. The first kappa shape index (κ1) is 15.6. The van der Waals surface area contributed by atoms with Crippen molar-refractivity contribution < 1.29 is 9.47 Å². The molecule has 0 bridgehead atoms. The minimum Gasteiger partial charge on any atom is -0.476 e. The van der Waals surface area contributed by atoms with Gasteiger partial charge in [0.1, 0.15) is 5.82 Å². The number of pyridine rings is 1. The molecule has 0 radical (unpaired) electrons. The topological polar surface area (TPSA) is 60.6 Å². The summed E-state index contributed by atoms with van der Waals surface area (Å²) in [7, 11) is 1.70. The van der Waals surface area contributed by atoms with Crippen molar-refractivity contribution in [1.29, 1.82) is 0 Å². The SMILES string of the molecule is CCCOc1nc(N(CC)C(C)COC)ccc1N. The van der Waals surface area contributed by atoms with Crippen molar-refractivity contribution in [3.8, 4) is 5.88 Å². The van der Waals surface area contributed by atoms with Gasteiger partial charge in [-0.15, -0.1) is 0 Å². The summed E-state index contributed by atoms with van der Waals surface area (Å²) in [5.41, 5.74) is 6.45. The molecule has 1 rings (SSSR count). The maximum absolute atomic E-state index is 5.88. The van der Waals surface area contributed by atoms with E-state index in [0.717, 1.165) is 18.8 Å². The highest BCUT2D eigenvalue weighted by Gasteiger charge is 2.15. The third-order valence-electron chi connectivity index (χ3n) is 2.89. The largest absolute Gasteiger partial charge is 0.476 e. The van der Waals surface area contributed by atoms with Crippen molar-refractivity contribution in [1.82, 2.24) is 4.98 Å². The Morgan fingerprint density at radius 2 is 2.11 bits per heavy atom. The molecule has 0 spiro atoms. The number of aromatic nitrogens is 1. The fraction of sp³-hybridized carbons (Fsp3) is 0.643. The summed E-state index contributed by atoms with van der Waals surface area (Å²) in [6.07, 6.45) is 0.933. The minimum absolute atomic E-state index is 0.255. The van der Waals surface area contributed by atoms with Crippen molar-refractivity contribution in [3.05, 3.63) is 12.1 Å². The number of hydrogen-bond acceptors (Lipinski definition) is 5. The van der Waals surface area contributed by atoms with E-state index in [1.807, 2.05) is 12.1 Å². The molecule has 0 saturated carbocycles. The molecule has 108 valence electrons. The van der Waals surface area contributed by atoms with Gasteiger partial charge in [0.25, 0.3) is 0 Å². The number of likely N-dealkylation sites (N-methyl/N-ethyl adjacent to an activating group) is 1. The van der Waals surface area contributed by atoms with Crippen LogP contribution < -0.4 is 15.4 Å². The molecule has 0 saturated heterocycles. The normalized spacial score (nSPS) is 12.2. The van der Waals surface area contributed by atoms with E-state index in [4.69, 9.17) is 15.2 Å².